The summed E-state index contributed by atoms with van der Waals surface area (Å²) in [6.45, 7) is 5.50. The van der Waals surface area contributed by atoms with Gasteiger partial charge in [0.1, 0.15) is 0 Å². The molecule has 25 heavy (non-hydrogen) atoms. The number of carbonyl (C=O) groups excluding carboxylic acids is 1. The van der Waals surface area contributed by atoms with Crippen molar-refractivity contribution in [3.63, 3.8) is 0 Å². The molecule has 1 aromatic rings. The molecule has 0 spiro atoms. The van der Waals surface area contributed by atoms with Crippen molar-refractivity contribution in [2.45, 2.75) is 45.6 Å². The number of rotatable bonds is 5. The van der Waals surface area contributed by atoms with Crippen LogP contribution in [0.2, 0.25) is 5.02 Å². The number of terminal acetylenes is 1. The molecule has 4 nitrogen and oxygen atoms in total. The first kappa shape index (κ1) is 19.6. The summed E-state index contributed by atoms with van der Waals surface area (Å²) in [6, 6.07) is 3.57. The summed E-state index contributed by atoms with van der Waals surface area (Å²) in [5.41, 5.74) is 7.67. The molecule has 1 aliphatic heterocycles. The lowest BCUT2D eigenvalue weighted by Gasteiger charge is -2.33. The molecule has 0 saturated carbocycles. The summed E-state index contributed by atoms with van der Waals surface area (Å²) in [5, 5.41) is 10.2. The highest BCUT2D eigenvalue weighted by atomic mass is 35.5. The second-order valence-electron chi connectivity index (χ2n) is 7.18. The monoisotopic (exact) mass is 362 g/mol. The number of carbonyl (C=O) groups is 1. The zero-order valence-corrected chi connectivity index (χ0v) is 15.7. The van der Waals surface area contributed by atoms with E-state index in [1.54, 1.807) is 13.0 Å². The lowest BCUT2D eigenvalue weighted by molar-refractivity contribution is -0.137. The Labute approximate surface area is 155 Å². The van der Waals surface area contributed by atoms with Gasteiger partial charge in [-0.3, -0.25) is 4.79 Å². The number of piperidine rings is 1. The quantitative estimate of drug-likeness (QED) is 0.624. The van der Waals surface area contributed by atoms with Crippen LogP contribution in [0.1, 0.15) is 44.2 Å². The molecule has 1 heterocycles. The molecule has 1 aromatic carbocycles. The predicted octanol–water partition coefficient (Wildman–Crippen LogP) is 3.09. The van der Waals surface area contributed by atoms with Gasteiger partial charge in [0, 0.05) is 24.6 Å². The van der Waals surface area contributed by atoms with Gasteiger partial charge in [0.05, 0.1) is 16.8 Å². The summed E-state index contributed by atoms with van der Waals surface area (Å²) in [4.78, 5) is 14.9. The third-order valence-electron chi connectivity index (χ3n) is 4.90. The van der Waals surface area contributed by atoms with E-state index in [4.69, 9.17) is 23.8 Å². The minimum absolute atomic E-state index is 0.100. The van der Waals surface area contributed by atoms with Gasteiger partial charge in [-0.1, -0.05) is 24.4 Å². The Morgan fingerprint density at radius 1 is 1.48 bits per heavy atom. The van der Waals surface area contributed by atoms with Crippen LogP contribution in [-0.2, 0) is 11.2 Å². The van der Waals surface area contributed by atoms with E-state index in [-0.39, 0.29) is 11.8 Å². The van der Waals surface area contributed by atoms with Crippen LogP contribution in [0.3, 0.4) is 0 Å². The molecule has 136 valence electrons. The Kier molecular flexibility index (Phi) is 6.75. The third kappa shape index (κ3) is 5.14. The van der Waals surface area contributed by atoms with Crippen molar-refractivity contribution in [1.82, 2.24) is 4.90 Å². The zero-order valence-electron chi connectivity index (χ0n) is 15.0. The molecule has 5 heteroatoms. The molecule has 0 bridgehead atoms. The van der Waals surface area contributed by atoms with Gasteiger partial charge in [-0.05, 0) is 56.2 Å². The molecule has 1 aliphatic rings. The minimum atomic E-state index is -0.547. The standard InChI is InChI=1S/C20H27ClN2O2/c1-4-16-10-15(12-18(21)19(16)22)11-17(9-14(3)24)20(25)23-7-5-13(2)6-8-23/h1,10,12-14,17,24H,5-9,11,22H2,2-3H3/t14?,17-/m1/s1. The van der Waals surface area contributed by atoms with E-state index < -0.39 is 6.10 Å². The molecule has 1 fully saturated rings. The predicted molar refractivity (Wildman–Crippen MR) is 102 cm³/mol. The summed E-state index contributed by atoms with van der Waals surface area (Å²) in [5.74, 6) is 3.00. The number of amides is 1. The van der Waals surface area contributed by atoms with Gasteiger partial charge in [0.25, 0.3) is 0 Å². The first-order chi connectivity index (χ1) is 11.8. The number of nitrogens with zero attached hydrogens (tertiary/aromatic N) is 1. The highest BCUT2D eigenvalue weighted by Crippen LogP contribution is 2.28. The minimum Gasteiger partial charge on any atom is -0.397 e. The number of benzene rings is 1. The van der Waals surface area contributed by atoms with Crippen LogP contribution >= 0.6 is 11.6 Å². The number of likely N-dealkylation sites (tertiary alicyclic amines) is 1. The van der Waals surface area contributed by atoms with Crippen LogP contribution in [0, 0.1) is 24.2 Å². The molecular formula is C20H27ClN2O2. The van der Waals surface area contributed by atoms with Gasteiger partial charge in [0.15, 0.2) is 0 Å². The largest absolute Gasteiger partial charge is 0.397 e. The van der Waals surface area contributed by atoms with Crippen LogP contribution in [-0.4, -0.2) is 35.1 Å². The van der Waals surface area contributed by atoms with Crippen molar-refractivity contribution in [1.29, 1.82) is 0 Å². The van der Waals surface area contributed by atoms with Crippen LogP contribution in [0.5, 0.6) is 0 Å². The molecule has 1 unspecified atom stereocenters. The van der Waals surface area contributed by atoms with Crippen LogP contribution < -0.4 is 5.73 Å². The number of hydrogen-bond acceptors (Lipinski definition) is 3. The summed E-state index contributed by atoms with van der Waals surface area (Å²) in [6.07, 6.45) is 7.90. The van der Waals surface area contributed by atoms with E-state index >= 15 is 0 Å². The zero-order chi connectivity index (χ0) is 18.6. The molecule has 0 radical (unpaired) electrons. The summed E-state index contributed by atoms with van der Waals surface area (Å²) >= 11 is 6.17. The fourth-order valence-electron chi connectivity index (χ4n) is 3.37. The molecule has 0 aliphatic carbocycles. The van der Waals surface area contributed by atoms with Crippen LogP contribution in [0.4, 0.5) is 5.69 Å². The number of hydrogen-bond donors (Lipinski definition) is 2. The molecule has 2 atom stereocenters. The highest BCUT2D eigenvalue weighted by molar-refractivity contribution is 6.33. The normalized spacial score (nSPS) is 17.8. The van der Waals surface area contributed by atoms with Gasteiger partial charge in [0.2, 0.25) is 5.91 Å². The maximum Gasteiger partial charge on any atom is 0.226 e. The van der Waals surface area contributed by atoms with E-state index in [0.717, 1.165) is 31.5 Å². The fraction of sp³-hybridized carbons (Fsp3) is 0.550. The summed E-state index contributed by atoms with van der Waals surface area (Å²) in [7, 11) is 0. The van der Waals surface area contributed by atoms with E-state index in [1.807, 2.05) is 11.0 Å². The molecule has 0 aromatic heterocycles. The number of aliphatic hydroxyl groups is 1. The number of nitrogen functional groups attached to an aromatic ring is 1. The van der Waals surface area contributed by atoms with Gasteiger partial charge in [-0.2, -0.15) is 0 Å². The smallest absolute Gasteiger partial charge is 0.226 e. The maximum atomic E-state index is 13.0. The molecular weight excluding hydrogens is 336 g/mol. The van der Waals surface area contributed by atoms with Gasteiger partial charge in [-0.15, -0.1) is 6.42 Å². The average molecular weight is 363 g/mol. The molecule has 1 saturated heterocycles. The first-order valence-corrected chi connectivity index (χ1v) is 9.21. The van der Waals surface area contributed by atoms with Crippen molar-refractivity contribution in [2.24, 2.45) is 11.8 Å². The Balaban J connectivity index is 2.19. The average Bonchev–Trinajstić information content (AvgIpc) is 2.57. The fourth-order valence-corrected chi connectivity index (χ4v) is 3.61. The van der Waals surface area contributed by atoms with Crippen LogP contribution in [0.25, 0.3) is 0 Å². The topological polar surface area (TPSA) is 66.6 Å². The van der Waals surface area contributed by atoms with E-state index in [9.17, 15) is 9.90 Å². The Morgan fingerprint density at radius 2 is 2.12 bits per heavy atom. The Hall–Kier alpha value is -1.70. The maximum absolute atomic E-state index is 13.0. The van der Waals surface area contributed by atoms with Gasteiger partial charge >= 0.3 is 0 Å². The Morgan fingerprint density at radius 3 is 2.68 bits per heavy atom. The first-order valence-electron chi connectivity index (χ1n) is 8.83. The number of aliphatic hydroxyl groups excluding tert-OH is 1. The van der Waals surface area contributed by atoms with E-state index in [0.29, 0.717) is 35.0 Å². The van der Waals surface area contributed by atoms with Gasteiger partial charge < -0.3 is 15.7 Å². The van der Waals surface area contributed by atoms with Gasteiger partial charge in [-0.25, -0.2) is 0 Å². The number of nitrogens with two attached hydrogens (primary N) is 1. The number of halogens is 1. The third-order valence-corrected chi connectivity index (χ3v) is 5.21. The Bertz CT molecular complexity index is 658. The van der Waals surface area contributed by atoms with Crippen molar-refractivity contribution in [3.8, 4) is 12.3 Å². The van der Waals surface area contributed by atoms with E-state index in [2.05, 4.69) is 12.8 Å². The molecule has 1 amide bonds. The van der Waals surface area contributed by atoms with Crippen molar-refractivity contribution >= 4 is 23.2 Å². The molecule has 2 rings (SSSR count). The van der Waals surface area contributed by atoms with Crippen molar-refractivity contribution in [3.05, 3.63) is 28.3 Å². The van der Waals surface area contributed by atoms with E-state index in [1.165, 1.54) is 0 Å². The van der Waals surface area contributed by atoms with Crippen molar-refractivity contribution < 1.29 is 9.90 Å². The molecule has 3 N–H and O–H groups in total. The SMILES string of the molecule is C#Cc1cc(C[C@@H](CC(C)O)C(=O)N2CCC(C)CC2)cc(Cl)c1N. The second kappa shape index (κ2) is 8.60. The van der Waals surface area contributed by atoms with Crippen molar-refractivity contribution in [2.75, 3.05) is 18.8 Å². The lowest BCUT2D eigenvalue weighted by atomic mass is 9.90. The lowest BCUT2D eigenvalue weighted by Crippen LogP contribution is -2.42. The highest BCUT2D eigenvalue weighted by Gasteiger charge is 2.28. The summed E-state index contributed by atoms with van der Waals surface area (Å²) < 4.78 is 0. The second-order valence-corrected chi connectivity index (χ2v) is 7.58. The van der Waals surface area contributed by atoms with Crippen LogP contribution in [0.15, 0.2) is 12.1 Å². The number of anilines is 1.